The van der Waals surface area contributed by atoms with Gasteiger partial charge in [0.2, 0.25) is 0 Å². The van der Waals surface area contributed by atoms with Crippen molar-refractivity contribution in [2.24, 2.45) is 0 Å². The summed E-state index contributed by atoms with van der Waals surface area (Å²) in [5.74, 6) is 0.927. The van der Waals surface area contributed by atoms with Crippen molar-refractivity contribution in [3.05, 3.63) is 23.9 Å². The van der Waals surface area contributed by atoms with Crippen LogP contribution in [0.3, 0.4) is 0 Å². The number of rotatable bonds is 1. The van der Waals surface area contributed by atoms with Crippen LogP contribution in [0.1, 0.15) is 5.56 Å². The third kappa shape index (κ3) is 2.24. The summed E-state index contributed by atoms with van der Waals surface area (Å²) in [5, 5.41) is 8.82. The second kappa shape index (κ2) is 4.38. The molecule has 16 heavy (non-hydrogen) atoms. The van der Waals surface area contributed by atoms with Crippen LogP contribution in [0.2, 0.25) is 0 Å². The van der Waals surface area contributed by atoms with Crippen LogP contribution in [0.15, 0.2) is 18.3 Å². The van der Waals surface area contributed by atoms with Crippen molar-refractivity contribution in [2.45, 2.75) is 6.92 Å². The Morgan fingerprint density at radius 3 is 2.50 bits per heavy atom. The number of carboxylic acid groups (broad SMARTS) is 1. The minimum Gasteiger partial charge on any atom is -0.465 e. The van der Waals surface area contributed by atoms with Gasteiger partial charge in [-0.2, -0.15) is 0 Å². The first kappa shape index (κ1) is 10.7. The Morgan fingerprint density at radius 2 is 2.00 bits per heavy atom. The summed E-state index contributed by atoms with van der Waals surface area (Å²) in [6.45, 7) is 4.51. The lowest BCUT2D eigenvalue weighted by molar-refractivity contribution is 0.142. The van der Waals surface area contributed by atoms with Gasteiger partial charge in [-0.3, -0.25) is 0 Å². The van der Waals surface area contributed by atoms with Crippen LogP contribution in [0.25, 0.3) is 0 Å². The number of aryl methyl sites for hydroxylation is 1. The van der Waals surface area contributed by atoms with Crippen LogP contribution in [-0.2, 0) is 0 Å². The summed E-state index contributed by atoms with van der Waals surface area (Å²) in [6.07, 6.45) is 0.996. The molecule has 0 bridgehead atoms. The standard InChI is InChI=1S/C11H15N3O2/c1-9-2-3-10(12-8-9)13-4-6-14(7-5-13)11(15)16/h2-3,8H,4-7H2,1H3,(H,15,16). The van der Waals surface area contributed by atoms with Crippen LogP contribution < -0.4 is 4.90 Å². The van der Waals surface area contributed by atoms with Crippen molar-refractivity contribution < 1.29 is 9.90 Å². The molecule has 0 spiro atoms. The predicted octanol–water partition coefficient (Wildman–Crippen LogP) is 1.19. The molecule has 86 valence electrons. The fraction of sp³-hybridized carbons (Fsp3) is 0.455. The number of hydrogen-bond donors (Lipinski definition) is 1. The molecule has 0 saturated carbocycles. The SMILES string of the molecule is Cc1ccc(N2CCN(C(=O)O)CC2)nc1. The van der Waals surface area contributed by atoms with Crippen molar-refractivity contribution in [3.63, 3.8) is 0 Å². The maximum atomic E-state index is 10.7. The van der Waals surface area contributed by atoms with Crippen LogP contribution in [0.4, 0.5) is 10.6 Å². The number of hydrogen-bond acceptors (Lipinski definition) is 3. The molecule has 5 heteroatoms. The van der Waals surface area contributed by atoms with Crippen LogP contribution in [0, 0.1) is 6.92 Å². The minimum absolute atomic E-state index is 0.547. The number of carbonyl (C=O) groups is 1. The molecule has 1 N–H and O–H groups in total. The molecular formula is C11H15N3O2. The highest BCUT2D eigenvalue weighted by Crippen LogP contribution is 2.13. The third-order valence-corrected chi connectivity index (χ3v) is 2.77. The number of amides is 1. The topological polar surface area (TPSA) is 56.7 Å². The van der Waals surface area contributed by atoms with Crippen LogP contribution >= 0.6 is 0 Å². The lowest BCUT2D eigenvalue weighted by atomic mass is 10.3. The third-order valence-electron chi connectivity index (χ3n) is 2.77. The second-order valence-electron chi connectivity index (χ2n) is 3.95. The van der Waals surface area contributed by atoms with Gasteiger partial charge in [0.05, 0.1) is 0 Å². The van der Waals surface area contributed by atoms with Gasteiger partial charge < -0.3 is 14.9 Å². The Labute approximate surface area is 94.3 Å². The predicted molar refractivity (Wildman–Crippen MR) is 60.8 cm³/mol. The molecule has 5 nitrogen and oxygen atoms in total. The average molecular weight is 221 g/mol. The normalized spacial score (nSPS) is 16.3. The van der Waals surface area contributed by atoms with E-state index in [-0.39, 0.29) is 0 Å². The molecule has 0 unspecified atom stereocenters. The van der Waals surface area contributed by atoms with Crippen molar-refractivity contribution in [1.29, 1.82) is 0 Å². The lowest BCUT2D eigenvalue weighted by Gasteiger charge is -2.33. The van der Waals surface area contributed by atoms with E-state index < -0.39 is 6.09 Å². The van der Waals surface area contributed by atoms with Gasteiger partial charge in [0.1, 0.15) is 5.82 Å². The van der Waals surface area contributed by atoms with E-state index in [4.69, 9.17) is 5.11 Å². The number of piperazine rings is 1. The first-order valence-corrected chi connectivity index (χ1v) is 5.32. The van der Waals surface area contributed by atoms with Gasteiger partial charge in [-0.1, -0.05) is 6.07 Å². The summed E-state index contributed by atoms with van der Waals surface area (Å²) >= 11 is 0. The van der Waals surface area contributed by atoms with Crippen LogP contribution in [-0.4, -0.2) is 47.3 Å². The van der Waals surface area contributed by atoms with E-state index in [2.05, 4.69) is 9.88 Å². The van der Waals surface area contributed by atoms with Gasteiger partial charge in [0, 0.05) is 32.4 Å². The summed E-state index contributed by atoms with van der Waals surface area (Å²) in [4.78, 5) is 18.6. The highest BCUT2D eigenvalue weighted by atomic mass is 16.4. The zero-order valence-electron chi connectivity index (χ0n) is 9.26. The summed E-state index contributed by atoms with van der Waals surface area (Å²) in [5.41, 5.74) is 1.13. The van der Waals surface area contributed by atoms with Gasteiger partial charge in [0.25, 0.3) is 0 Å². The largest absolute Gasteiger partial charge is 0.465 e. The second-order valence-corrected chi connectivity index (χ2v) is 3.95. The molecule has 2 heterocycles. The Balaban J connectivity index is 1.99. The quantitative estimate of drug-likeness (QED) is 0.774. The van der Waals surface area contributed by atoms with E-state index in [1.165, 1.54) is 4.90 Å². The molecule has 1 fully saturated rings. The zero-order valence-corrected chi connectivity index (χ0v) is 9.26. The molecule has 1 aliphatic heterocycles. The molecular weight excluding hydrogens is 206 g/mol. The smallest absolute Gasteiger partial charge is 0.407 e. The van der Waals surface area contributed by atoms with E-state index in [1.54, 1.807) is 0 Å². The van der Waals surface area contributed by atoms with E-state index in [1.807, 2.05) is 25.3 Å². The number of nitrogens with zero attached hydrogens (tertiary/aromatic N) is 3. The van der Waals surface area contributed by atoms with Gasteiger partial charge in [0.15, 0.2) is 0 Å². The Morgan fingerprint density at radius 1 is 1.31 bits per heavy atom. The number of pyridine rings is 1. The minimum atomic E-state index is -0.837. The summed E-state index contributed by atoms with van der Waals surface area (Å²) in [7, 11) is 0. The molecule has 1 amide bonds. The van der Waals surface area contributed by atoms with E-state index in [0.29, 0.717) is 26.2 Å². The van der Waals surface area contributed by atoms with Crippen LogP contribution in [0.5, 0.6) is 0 Å². The average Bonchev–Trinajstić information content (AvgIpc) is 2.30. The lowest BCUT2D eigenvalue weighted by Crippen LogP contribution is -2.48. The molecule has 1 saturated heterocycles. The fourth-order valence-electron chi connectivity index (χ4n) is 1.77. The molecule has 0 atom stereocenters. The Bertz CT molecular complexity index is 369. The molecule has 0 radical (unpaired) electrons. The molecule has 1 aromatic rings. The first-order valence-electron chi connectivity index (χ1n) is 5.32. The first-order chi connectivity index (χ1) is 7.66. The van der Waals surface area contributed by atoms with Gasteiger partial charge >= 0.3 is 6.09 Å². The van der Waals surface area contributed by atoms with Crippen molar-refractivity contribution in [2.75, 3.05) is 31.1 Å². The fourth-order valence-corrected chi connectivity index (χ4v) is 1.77. The van der Waals surface area contributed by atoms with E-state index >= 15 is 0 Å². The molecule has 0 aliphatic carbocycles. The van der Waals surface area contributed by atoms with Crippen molar-refractivity contribution >= 4 is 11.9 Å². The number of aromatic nitrogens is 1. The van der Waals surface area contributed by atoms with Gasteiger partial charge in [-0.15, -0.1) is 0 Å². The highest BCUT2D eigenvalue weighted by Gasteiger charge is 2.20. The monoisotopic (exact) mass is 221 g/mol. The number of anilines is 1. The molecule has 1 aromatic heterocycles. The summed E-state index contributed by atoms with van der Waals surface area (Å²) in [6, 6.07) is 4.00. The van der Waals surface area contributed by atoms with Crippen molar-refractivity contribution in [3.8, 4) is 0 Å². The van der Waals surface area contributed by atoms with Crippen molar-refractivity contribution in [1.82, 2.24) is 9.88 Å². The van der Waals surface area contributed by atoms with Gasteiger partial charge in [-0.25, -0.2) is 9.78 Å². The molecule has 2 rings (SSSR count). The maximum absolute atomic E-state index is 10.7. The summed E-state index contributed by atoms with van der Waals surface area (Å²) < 4.78 is 0. The molecule has 0 aromatic carbocycles. The van der Waals surface area contributed by atoms with Gasteiger partial charge in [-0.05, 0) is 18.6 Å². The zero-order chi connectivity index (χ0) is 11.5. The maximum Gasteiger partial charge on any atom is 0.407 e. The Hall–Kier alpha value is -1.78. The Kier molecular flexibility index (Phi) is 2.94. The van der Waals surface area contributed by atoms with E-state index in [0.717, 1.165) is 11.4 Å². The van der Waals surface area contributed by atoms with E-state index in [9.17, 15) is 4.79 Å². The molecule has 1 aliphatic rings. The highest BCUT2D eigenvalue weighted by molar-refractivity contribution is 5.65.